The summed E-state index contributed by atoms with van der Waals surface area (Å²) in [5.41, 5.74) is -0.559. The third-order valence-electron chi connectivity index (χ3n) is 10.5. The topological polar surface area (TPSA) is 108 Å². The van der Waals surface area contributed by atoms with Gasteiger partial charge in [-0.1, -0.05) is 33.8 Å². The van der Waals surface area contributed by atoms with E-state index < -0.39 is 19.7 Å². The highest BCUT2D eigenvalue weighted by Gasteiger charge is 2.47. The zero-order chi connectivity index (χ0) is 36.8. The van der Waals surface area contributed by atoms with Crippen molar-refractivity contribution in [3.63, 3.8) is 0 Å². The summed E-state index contributed by atoms with van der Waals surface area (Å²) in [7, 11) is -0.472. The van der Waals surface area contributed by atoms with Crippen LogP contribution >= 0.6 is 0 Å². The molecule has 0 radical (unpaired) electrons. The van der Waals surface area contributed by atoms with Crippen molar-refractivity contribution in [3.05, 3.63) is 47.7 Å². The molecule has 1 saturated carbocycles. The summed E-state index contributed by atoms with van der Waals surface area (Å²) in [6, 6.07) is 6.49. The minimum absolute atomic E-state index is 0.00186. The van der Waals surface area contributed by atoms with Crippen molar-refractivity contribution in [1.82, 2.24) is 15.0 Å². The normalized spacial score (nSPS) is 19.4. The molecule has 10 nitrogen and oxygen atoms in total. The van der Waals surface area contributed by atoms with Crippen LogP contribution in [-0.2, 0) is 20.3 Å². The first-order chi connectivity index (χ1) is 24.1. The van der Waals surface area contributed by atoms with E-state index in [4.69, 9.17) is 28.4 Å². The number of benzene rings is 2. The number of nitrogens with zero attached hydrogens (tertiary/aromatic N) is 4. The van der Waals surface area contributed by atoms with Gasteiger partial charge in [0.05, 0.1) is 31.8 Å². The molecule has 1 aliphatic heterocycles. The Kier molecular flexibility index (Phi) is 10.3. The molecule has 4 aromatic rings. The molecule has 0 spiro atoms. The van der Waals surface area contributed by atoms with Crippen molar-refractivity contribution in [2.75, 3.05) is 58.3 Å². The largest absolute Gasteiger partial charge is 0.468 e. The van der Waals surface area contributed by atoms with Gasteiger partial charge in [0.15, 0.2) is 20.9 Å². The quantitative estimate of drug-likeness (QED) is 0.117. The van der Waals surface area contributed by atoms with Crippen LogP contribution < -0.4 is 14.4 Å². The molecule has 2 aromatic carbocycles. The van der Waals surface area contributed by atoms with Crippen LogP contribution in [0.5, 0.6) is 11.8 Å². The number of aliphatic hydroxyl groups is 1. The summed E-state index contributed by atoms with van der Waals surface area (Å²) in [6.07, 6.45) is 3.80. The second-order valence-corrected chi connectivity index (χ2v) is 20.6. The minimum atomic E-state index is -1.98. The van der Waals surface area contributed by atoms with Crippen molar-refractivity contribution in [1.29, 1.82) is 0 Å². The van der Waals surface area contributed by atoms with Gasteiger partial charge in [-0.25, -0.2) is 8.78 Å². The van der Waals surface area contributed by atoms with Crippen LogP contribution in [-0.4, -0.2) is 87.4 Å². The Balaban J connectivity index is 1.46. The lowest BCUT2D eigenvalue weighted by molar-refractivity contribution is -0.0123. The maximum Gasteiger partial charge on any atom is 0.319 e. The summed E-state index contributed by atoms with van der Waals surface area (Å²) in [5, 5.41) is 12.7. The molecule has 3 heterocycles. The molecule has 1 atom stereocenters. The average Bonchev–Trinajstić information content (AvgIpc) is 3.88. The van der Waals surface area contributed by atoms with E-state index in [2.05, 4.69) is 43.8 Å². The highest BCUT2D eigenvalue weighted by molar-refractivity contribution is 6.74. The monoisotopic (exact) mass is 724 g/mol. The van der Waals surface area contributed by atoms with Crippen molar-refractivity contribution in [2.24, 2.45) is 5.41 Å². The van der Waals surface area contributed by atoms with Crippen molar-refractivity contribution >= 4 is 35.8 Å². The number of fused-ring (bicyclic) bond motifs is 2. The minimum Gasteiger partial charge on any atom is -0.468 e. The Morgan fingerprint density at radius 3 is 2.53 bits per heavy atom. The first-order valence-corrected chi connectivity index (χ1v) is 20.5. The highest BCUT2D eigenvalue weighted by atomic mass is 28.4. The van der Waals surface area contributed by atoms with Gasteiger partial charge in [-0.2, -0.15) is 9.97 Å². The summed E-state index contributed by atoms with van der Waals surface area (Å²) >= 11 is 0. The molecule has 0 amide bonds. The van der Waals surface area contributed by atoms with Crippen molar-refractivity contribution < 1.29 is 37.3 Å². The fraction of sp³-hybridized carbons (Fsp3) is 0.553. The molecule has 1 saturated heterocycles. The van der Waals surface area contributed by atoms with E-state index in [1.165, 1.54) is 19.4 Å². The molecule has 13 heteroatoms. The number of methoxy groups -OCH3 is 1. The summed E-state index contributed by atoms with van der Waals surface area (Å²) < 4.78 is 61.8. The Morgan fingerprint density at radius 1 is 1.08 bits per heavy atom. The van der Waals surface area contributed by atoms with Gasteiger partial charge in [0.1, 0.15) is 34.2 Å². The zero-order valence-electron chi connectivity index (χ0n) is 31.0. The highest BCUT2D eigenvalue weighted by Crippen LogP contribution is 2.48. The number of pyridine rings is 1. The van der Waals surface area contributed by atoms with Gasteiger partial charge in [0.25, 0.3) is 0 Å². The van der Waals surface area contributed by atoms with Crippen LogP contribution in [0.2, 0.25) is 18.1 Å². The van der Waals surface area contributed by atoms with Gasteiger partial charge in [0, 0.05) is 37.4 Å². The third kappa shape index (κ3) is 7.82. The molecular weight excluding hydrogens is 675 g/mol. The first-order valence-electron chi connectivity index (χ1n) is 17.6. The molecule has 1 aliphatic carbocycles. The Labute approximate surface area is 299 Å². The molecule has 276 valence electrons. The molecular formula is C38H50F2N4O6Si. The molecule has 51 heavy (non-hydrogen) atoms. The zero-order valence-corrected chi connectivity index (χ0v) is 32.0. The fourth-order valence-electron chi connectivity index (χ4n) is 6.20. The van der Waals surface area contributed by atoms with Gasteiger partial charge >= 0.3 is 6.01 Å². The Hall–Kier alpha value is -3.49. The van der Waals surface area contributed by atoms with Crippen LogP contribution in [0.3, 0.4) is 0 Å². The van der Waals surface area contributed by atoms with Crippen molar-refractivity contribution in [3.8, 4) is 23.0 Å². The molecule has 2 fully saturated rings. The average molecular weight is 725 g/mol. The molecule has 2 aliphatic rings. The molecule has 1 N–H and O–H groups in total. The lowest BCUT2D eigenvalue weighted by atomic mass is 9.94. The summed E-state index contributed by atoms with van der Waals surface area (Å²) in [6.45, 7) is 16.6. The van der Waals surface area contributed by atoms with E-state index in [0.29, 0.717) is 71.6 Å². The van der Waals surface area contributed by atoms with E-state index in [-0.39, 0.29) is 53.4 Å². The maximum absolute atomic E-state index is 17.1. The molecule has 2 aromatic heterocycles. The summed E-state index contributed by atoms with van der Waals surface area (Å²) in [5.74, 6) is -0.301. The SMILES string of the molecule is CCc1c(F)ccc2cc(OCOC)cc(-c3ncc4c(N5CCOCC(C)(O)C5)nc(OCC5(CO[Si](C)(C)C(C)(C)C)CC5)nc4c3F)c12. The van der Waals surface area contributed by atoms with Gasteiger partial charge < -0.3 is 33.4 Å². The Bertz CT molecular complexity index is 1910. The number of aryl methyl sites for hydroxylation is 1. The number of ether oxygens (including phenoxy) is 4. The standard InChI is InChI=1S/C38H50F2N4O6Si/c1-9-26-29(39)11-10-24-16-25(49-23-46-6)17-27(30(24)26)32-31(40)33-28(18-41-32)34(44-14-15-47-20-37(5,45)19-44)43-35(42-33)48-21-38(12-13-38)22-50-51(7,8)36(2,3)4/h10-11,16-18,45H,9,12-15,19-23H2,1-8H3. The second-order valence-electron chi connectivity index (χ2n) is 15.8. The van der Waals surface area contributed by atoms with Gasteiger partial charge in [0.2, 0.25) is 0 Å². The van der Waals surface area contributed by atoms with Gasteiger partial charge in [-0.3, -0.25) is 4.98 Å². The van der Waals surface area contributed by atoms with Crippen LogP contribution in [0.4, 0.5) is 14.6 Å². The van der Waals surface area contributed by atoms with E-state index in [0.717, 1.165) is 12.8 Å². The van der Waals surface area contributed by atoms with Crippen molar-refractivity contribution in [2.45, 2.75) is 77.6 Å². The number of hydrogen-bond acceptors (Lipinski definition) is 10. The third-order valence-corrected chi connectivity index (χ3v) is 15.0. The lowest BCUT2D eigenvalue weighted by Gasteiger charge is -2.37. The van der Waals surface area contributed by atoms with E-state index in [1.807, 2.05) is 11.8 Å². The van der Waals surface area contributed by atoms with Gasteiger partial charge in [-0.05, 0) is 78.9 Å². The van der Waals surface area contributed by atoms with Crippen LogP contribution in [0.25, 0.3) is 32.9 Å². The molecule has 6 rings (SSSR count). The van der Waals surface area contributed by atoms with Gasteiger partial charge in [-0.15, -0.1) is 0 Å². The number of aromatic nitrogens is 3. The predicted molar refractivity (Wildman–Crippen MR) is 196 cm³/mol. The van der Waals surface area contributed by atoms with Crippen LogP contribution in [0, 0.1) is 17.0 Å². The predicted octanol–water partition coefficient (Wildman–Crippen LogP) is 7.44. The first kappa shape index (κ1) is 37.3. The number of anilines is 1. The number of halogens is 2. The number of β-amino-alcohol motifs (C(OH)–C–C–N with tert-alkyl or cyclic N) is 1. The Morgan fingerprint density at radius 2 is 1.84 bits per heavy atom. The van der Waals surface area contributed by atoms with E-state index >= 15 is 8.78 Å². The van der Waals surface area contributed by atoms with E-state index in [1.54, 1.807) is 25.1 Å². The second kappa shape index (κ2) is 14.1. The van der Waals surface area contributed by atoms with Crippen LogP contribution in [0.1, 0.15) is 53.0 Å². The van der Waals surface area contributed by atoms with Crippen LogP contribution in [0.15, 0.2) is 30.5 Å². The maximum atomic E-state index is 17.1. The summed E-state index contributed by atoms with van der Waals surface area (Å²) in [4.78, 5) is 15.9. The fourth-order valence-corrected chi connectivity index (χ4v) is 7.30. The van der Waals surface area contributed by atoms with E-state index in [9.17, 15) is 5.11 Å². The lowest BCUT2D eigenvalue weighted by Crippen LogP contribution is -2.42. The number of rotatable bonds is 12. The molecule has 0 bridgehead atoms. The molecule has 1 unspecified atom stereocenters. The smallest absolute Gasteiger partial charge is 0.319 e. The number of hydrogen-bond donors (Lipinski definition) is 1.